The van der Waals surface area contributed by atoms with E-state index in [1.54, 1.807) is 20.0 Å². The quantitative estimate of drug-likeness (QED) is 0.612. The first-order valence-electron chi connectivity index (χ1n) is 9.56. The number of morpholine rings is 1. The van der Waals surface area contributed by atoms with Gasteiger partial charge in [-0.15, -0.1) is 0 Å². The third kappa shape index (κ3) is 5.42. The molecule has 0 radical (unpaired) electrons. The Hall–Kier alpha value is -2.67. The third-order valence-corrected chi connectivity index (χ3v) is 4.74. The highest BCUT2D eigenvalue weighted by molar-refractivity contribution is 5.79. The van der Waals surface area contributed by atoms with E-state index in [0.717, 1.165) is 36.6 Å². The van der Waals surface area contributed by atoms with Gasteiger partial charge in [0.2, 0.25) is 0 Å². The Bertz CT molecular complexity index is 826. The molecular formula is C21H28FN5O. The maximum Gasteiger partial charge on any atom is 0.191 e. The van der Waals surface area contributed by atoms with E-state index in [1.165, 1.54) is 6.07 Å². The van der Waals surface area contributed by atoms with Crippen molar-refractivity contribution in [2.75, 3.05) is 31.6 Å². The van der Waals surface area contributed by atoms with Crippen LogP contribution in [0.5, 0.6) is 0 Å². The molecule has 1 aromatic carbocycles. The fraction of sp³-hybridized carbons (Fsp3) is 0.429. The fourth-order valence-electron chi connectivity index (χ4n) is 3.18. The smallest absolute Gasteiger partial charge is 0.191 e. The number of hydrogen-bond donors (Lipinski definition) is 2. The molecule has 1 atom stereocenters. The molecule has 1 fully saturated rings. The van der Waals surface area contributed by atoms with Crippen molar-refractivity contribution in [3.8, 4) is 0 Å². The van der Waals surface area contributed by atoms with Gasteiger partial charge in [0.25, 0.3) is 0 Å². The number of pyridine rings is 1. The number of anilines is 1. The monoisotopic (exact) mass is 385 g/mol. The number of hydrogen-bond acceptors (Lipinski definition) is 4. The molecule has 1 unspecified atom stereocenters. The van der Waals surface area contributed by atoms with Gasteiger partial charge in [-0.1, -0.05) is 12.1 Å². The number of halogens is 1. The van der Waals surface area contributed by atoms with Gasteiger partial charge in [-0.2, -0.15) is 0 Å². The Morgan fingerprint density at radius 2 is 2.00 bits per heavy atom. The molecule has 1 saturated heterocycles. The summed E-state index contributed by atoms with van der Waals surface area (Å²) in [6.45, 7) is 7.49. The van der Waals surface area contributed by atoms with Crippen molar-refractivity contribution in [3.63, 3.8) is 0 Å². The first-order chi connectivity index (χ1) is 13.5. The van der Waals surface area contributed by atoms with Crippen molar-refractivity contribution in [3.05, 3.63) is 59.0 Å². The van der Waals surface area contributed by atoms with E-state index in [4.69, 9.17) is 4.74 Å². The zero-order valence-corrected chi connectivity index (χ0v) is 16.7. The van der Waals surface area contributed by atoms with Gasteiger partial charge in [-0.3, -0.25) is 4.99 Å². The maximum atomic E-state index is 13.4. The maximum absolute atomic E-state index is 13.4. The lowest BCUT2D eigenvalue weighted by Crippen LogP contribution is -2.41. The van der Waals surface area contributed by atoms with Crippen LogP contribution in [0.2, 0.25) is 0 Å². The predicted molar refractivity (Wildman–Crippen MR) is 110 cm³/mol. The highest BCUT2D eigenvalue weighted by Crippen LogP contribution is 2.16. The number of rotatable bonds is 5. The van der Waals surface area contributed by atoms with Gasteiger partial charge in [0.05, 0.1) is 12.7 Å². The van der Waals surface area contributed by atoms with Crippen molar-refractivity contribution in [2.24, 2.45) is 4.99 Å². The van der Waals surface area contributed by atoms with Gasteiger partial charge in [0.1, 0.15) is 11.6 Å². The molecule has 28 heavy (non-hydrogen) atoms. The predicted octanol–water partition coefficient (Wildman–Crippen LogP) is 2.62. The number of ether oxygens (including phenoxy) is 1. The van der Waals surface area contributed by atoms with Crippen LogP contribution in [0, 0.1) is 12.7 Å². The molecular weight excluding hydrogens is 357 g/mol. The minimum absolute atomic E-state index is 0.186. The summed E-state index contributed by atoms with van der Waals surface area (Å²) in [6, 6.07) is 9.21. The number of nitrogens with one attached hydrogen (secondary N) is 2. The Morgan fingerprint density at radius 1 is 1.25 bits per heavy atom. The average Bonchev–Trinajstić information content (AvgIpc) is 2.71. The highest BCUT2D eigenvalue weighted by Gasteiger charge is 2.18. The largest absolute Gasteiger partial charge is 0.375 e. The molecule has 0 amide bonds. The Balaban J connectivity index is 1.54. The molecule has 2 aromatic rings. The van der Waals surface area contributed by atoms with E-state index < -0.39 is 0 Å². The summed E-state index contributed by atoms with van der Waals surface area (Å²) in [5.74, 6) is 1.48. The van der Waals surface area contributed by atoms with Gasteiger partial charge in [0.15, 0.2) is 5.96 Å². The summed E-state index contributed by atoms with van der Waals surface area (Å²) < 4.78 is 19.0. The third-order valence-electron chi connectivity index (χ3n) is 4.74. The van der Waals surface area contributed by atoms with Gasteiger partial charge in [0, 0.05) is 39.4 Å². The van der Waals surface area contributed by atoms with Gasteiger partial charge in [-0.05, 0) is 48.7 Å². The number of aromatic nitrogens is 1. The van der Waals surface area contributed by atoms with Crippen LogP contribution in [0.4, 0.5) is 10.2 Å². The van der Waals surface area contributed by atoms with Crippen molar-refractivity contribution in [1.29, 1.82) is 0 Å². The summed E-state index contributed by atoms with van der Waals surface area (Å²) in [5, 5.41) is 6.57. The minimum Gasteiger partial charge on any atom is -0.375 e. The van der Waals surface area contributed by atoms with Crippen molar-refractivity contribution in [2.45, 2.75) is 33.0 Å². The van der Waals surface area contributed by atoms with Crippen LogP contribution in [0.25, 0.3) is 0 Å². The SMILES string of the molecule is CN=C(NCc1ccnc(N2CCOC(C)C2)c1)NCc1ccc(F)c(C)c1. The van der Waals surface area contributed by atoms with Gasteiger partial charge in [-0.25, -0.2) is 9.37 Å². The van der Waals surface area contributed by atoms with E-state index in [-0.39, 0.29) is 11.9 Å². The highest BCUT2D eigenvalue weighted by atomic mass is 19.1. The molecule has 7 heteroatoms. The Kier molecular flexibility index (Phi) is 6.81. The molecule has 2 N–H and O–H groups in total. The lowest BCUT2D eigenvalue weighted by atomic mass is 10.1. The van der Waals surface area contributed by atoms with E-state index >= 15 is 0 Å². The molecule has 0 saturated carbocycles. The van der Waals surface area contributed by atoms with Crippen LogP contribution >= 0.6 is 0 Å². The molecule has 0 bridgehead atoms. The van der Waals surface area contributed by atoms with Crippen LogP contribution in [0.1, 0.15) is 23.6 Å². The van der Waals surface area contributed by atoms with Gasteiger partial charge >= 0.3 is 0 Å². The van der Waals surface area contributed by atoms with Crippen LogP contribution in [0.15, 0.2) is 41.5 Å². The zero-order valence-electron chi connectivity index (χ0n) is 16.7. The minimum atomic E-state index is -0.186. The second-order valence-corrected chi connectivity index (χ2v) is 7.01. The van der Waals surface area contributed by atoms with Crippen LogP contribution in [-0.4, -0.2) is 43.8 Å². The zero-order chi connectivity index (χ0) is 19.9. The molecule has 0 spiro atoms. The van der Waals surface area contributed by atoms with E-state index in [2.05, 4.69) is 38.5 Å². The Morgan fingerprint density at radius 3 is 2.68 bits per heavy atom. The lowest BCUT2D eigenvalue weighted by Gasteiger charge is -2.32. The topological polar surface area (TPSA) is 61.8 Å². The molecule has 1 aliphatic heterocycles. The van der Waals surface area contributed by atoms with E-state index in [1.807, 2.05) is 18.3 Å². The lowest BCUT2D eigenvalue weighted by molar-refractivity contribution is 0.0529. The number of benzene rings is 1. The van der Waals surface area contributed by atoms with Crippen molar-refractivity contribution in [1.82, 2.24) is 15.6 Å². The summed E-state index contributed by atoms with van der Waals surface area (Å²) in [6.07, 6.45) is 2.06. The summed E-state index contributed by atoms with van der Waals surface area (Å²) >= 11 is 0. The number of aliphatic imine (C=N–C) groups is 1. The second kappa shape index (κ2) is 9.50. The molecule has 150 valence electrons. The second-order valence-electron chi connectivity index (χ2n) is 7.01. The number of aryl methyl sites for hydroxylation is 1. The fourth-order valence-corrected chi connectivity index (χ4v) is 3.18. The van der Waals surface area contributed by atoms with Gasteiger partial charge < -0.3 is 20.3 Å². The first kappa shape index (κ1) is 20.1. The number of nitrogens with zero attached hydrogens (tertiary/aromatic N) is 3. The number of guanidine groups is 1. The molecule has 1 aromatic heterocycles. The first-order valence-corrected chi connectivity index (χ1v) is 9.56. The van der Waals surface area contributed by atoms with Crippen molar-refractivity contribution >= 4 is 11.8 Å². The van der Waals surface area contributed by atoms with Crippen LogP contribution in [-0.2, 0) is 17.8 Å². The molecule has 6 nitrogen and oxygen atoms in total. The van der Waals surface area contributed by atoms with E-state index in [0.29, 0.717) is 24.6 Å². The normalized spacial score (nSPS) is 17.5. The molecule has 3 rings (SSSR count). The van der Waals surface area contributed by atoms with E-state index in [9.17, 15) is 4.39 Å². The van der Waals surface area contributed by atoms with Crippen LogP contribution in [0.3, 0.4) is 0 Å². The molecule has 1 aliphatic rings. The molecule has 2 heterocycles. The summed E-state index contributed by atoms with van der Waals surface area (Å²) in [4.78, 5) is 11.0. The standard InChI is InChI=1S/C21H28FN5O/c1-15-10-17(4-5-19(15)22)12-25-21(23-3)26-13-18-6-7-24-20(11-18)27-8-9-28-16(2)14-27/h4-7,10-11,16H,8-9,12-14H2,1-3H3,(H2,23,25,26). The average molecular weight is 385 g/mol. The molecule has 0 aliphatic carbocycles. The summed E-state index contributed by atoms with van der Waals surface area (Å²) in [5.41, 5.74) is 2.78. The van der Waals surface area contributed by atoms with Crippen LogP contribution < -0.4 is 15.5 Å². The summed E-state index contributed by atoms with van der Waals surface area (Å²) in [7, 11) is 1.73. The Labute approximate surface area is 165 Å². The van der Waals surface area contributed by atoms with Crippen molar-refractivity contribution < 1.29 is 9.13 Å².